The molecule has 2 aromatic heterocycles. The summed E-state index contributed by atoms with van der Waals surface area (Å²) in [6.07, 6.45) is 2.03. The number of methoxy groups -OCH3 is 1. The zero-order valence-corrected chi connectivity index (χ0v) is 18.1. The highest BCUT2D eigenvalue weighted by Gasteiger charge is 2.19. The Labute approximate surface area is 187 Å². The number of nitrogens with one attached hydrogen (secondary N) is 1. The number of nitrogens with zero attached hydrogens (tertiary/aromatic N) is 4. The first-order valence-electron chi connectivity index (χ1n) is 9.73. The van der Waals surface area contributed by atoms with Crippen LogP contribution >= 0.6 is 11.6 Å². The quantitative estimate of drug-likeness (QED) is 0.464. The predicted molar refractivity (Wildman–Crippen MR) is 121 cm³/mol. The third-order valence-electron chi connectivity index (χ3n) is 5.07. The van der Waals surface area contributed by atoms with Gasteiger partial charge in [-0.2, -0.15) is 5.10 Å². The highest BCUT2D eigenvalue weighted by atomic mass is 35.5. The number of fused-ring (bicyclic) bond motifs is 1. The molecule has 1 amide bonds. The second-order valence-electron chi connectivity index (χ2n) is 7.10. The Balaban J connectivity index is 1.65. The number of benzene rings is 2. The van der Waals surface area contributed by atoms with Crippen LogP contribution in [0.1, 0.15) is 15.9 Å². The molecule has 164 valence electrons. The Hall–Kier alpha value is -3.85. The fourth-order valence-electron chi connectivity index (χ4n) is 3.41. The Morgan fingerprint density at radius 2 is 2.03 bits per heavy atom. The fourth-order valence-corrected chi connectivity index (χ4v) is 3.59. The number of halogens is 1. The number of aromatic hydroxyl groups is 1. The molecule has 0 aliphatic carbocycles. The average Bonchev–Trinajstić information content (AvgIpc) is 3.11. The molecule has 0 radical (unpaired) electrons. The molecule has 10 heteroatoms. The van der Waals surface area contributed by atoms with E-state index in [0.29, 0.717) is 18.6 Å². The number of aryl methyl sites for hydroxylation is 3. The van der Waals surface area contributed by atoms with E-state index >= 15 is 0 Å². The topological polar surface area (TPSA) is 111 Å². The lowest BCUT2D eigenvalue weighted by Crippen LogP contribution is -2.23. The first kappa shape index (κ1) is 21.4. The molecule has 0 unspecified atom stereocenters. The van der Waals surface area contributed by atoms with Crippen LogP contribution in [0.25, 0.3) is 11.0 Å². The number of ether oxygens (including phenoxy) is 1. The number of hydrogen-bond acceptors (Lipinski definition) is 6. The molecule has 0 saturated carbocycles. The molecule has 4 rings (SSSR count). The monoisotopic (exact) mass is 453 g/mol. The summed E-state index contributed by atoms with van der Waals surface area (Å²) >= 11 is 5.89. The van der Waals surface area contributed by atoms with Crippen LogP contribution in [-0.2, 0) is 20.0 Å². The van der Waals surface area contributed by atoms with Gasteiger partial charge in [-0.25, -0.2) is 9.67 Å². The van der Waals surface area contributed by atoms with Crippen LogP contribution < -0.4 is 15.6 Å². The second-order valence-corrected chi connectivity index (χ2v) is 7.50. The Kier molecular flexibility index (Phi) is 5.83. The predicted octanol–water partition coefficient (Wildman–Crippen LogP) is 2.99. The number of amides is 1. The summed E-state index contributed by atoms with van der Waals surface area (Å²) in [4.78, 5) is 30.2. The highest BCUT2D eigenvalue weighted by molar-refractivity contribution is 6.32. The van der Waals surface area contributed by atoms with E-state index in [9.17, 15) is 14.7 Å². The Morgan fingerprint density at radius 3 is 2.78 bits per heavy atom. The summed E-state index contributed by atoms with van der Waals surface area (Å²) in [6.45, 7) is 0.373. The smallest absolute Gasteiger partial charge is 0.266 e. The van der Waals surface area contributed by atoms with Gasteiger partial charge in [0.15, 0.2) is 11.5 Å². The molecular weight excluding hydrogens is 434 g/mol. The number of carbonyl (C=O) groups is 1. The number of phenolic OH excluding ortho intramolecular Hbond substituents is 1. The van der Waals surface area contributed by atoms with E-state index in [1.165, 1.54) is 33.8 Å². The van der Waals surface area contributed by atoms with Crippen LogP contribution in [0.3, 0.4) is 0 Å². The van der Waals surface area contributed by atoms with Crippen molar-refractivity contribution in [2.24, 2.45) is 7.05 Å². The minimum atomic E-state index is -0.518. The van der Waals surface area contributed by atoms with Crippen LogP contribution in [-0.4, -0.2) is 37.5 Å². The number of carbonyl (C=O) groups excluding carboxylic acids is 1. The van der Waals surface area contributed by atoms with E-state index in [2.05, 4.69) is 15.4 Å². The number of aromatic nitrogens is 4. The number of para-hydroxylation sites is 1. The Bertz CT molecular complexity index is 1380. The maximum atomic E-state index is 13.2. The SMILES string of the molecule is COc1ccccc1CCn1cnc2c(c(NC(=O)c3ccc(O)c(Cl)c3)nn2C)c1=O. The minimum Gasteiger partial charge on any atom is -0.506 e. The molecule has 2 N–H and O–H groups in total. The van der Waals surface area contributed by atoms with E-state index in [0.717, 1.165) is 11.3 Å². The molecule has 4 aromatic rings. The van der Waals surface area contributed by atoms with Crippen molar-refractivity contribution in [3.63, 3.8) is 0 Å². The van der Waals surface area contributed by atoms with Gasteiger partial charge in [0, 0.05) is 19.2 Å². The van der Waals surface area contributed by atoms with Crippen LogP contribution in [0.4, 0.5) is 5.82 Å². The summed E-state index contributed by atoms with van der Waals surface area (Å²) in [7, 11) is 3.24. The molecule has 2 heterocycles. The van der Waals surface area contributed by atoms with Crippen molar-refractivity contribution >= 4 is 34.4 Å². The number of anilines is 1. The normalized spacial score (nSPS) is 11.0. The number of phenols is 1. The van der Waals surface area contributed by atoms with Gasteiger partial charge in [0.05, 0.1) is 18.5 Å². The molecule has 0 fully saturated rings. The van der Waals surface area contributed by atoms with Gasteiger partial charge in [-0.15, -0.1) is 0 Å². The van der Waals surface area contributed by atoms with Crippen LogP contribution in [0.15, 0.2) is 53.6 Å². The number of hydrogen-bond donors (Lipinski definition) is 2. The molecule has 2 aromatic carbocycles. The van der Waals surface area contributed by atoms with E-state index in [1.54, 1.807) is 14.2 Å². The van der Waals surface area contributed by atoms with Gasteiger partial charge in [0.1, 0.15) is 16.9 Å². The van der Waals surface area contributed by atoms with Gasteiger partial charge < -0.3 is 15.2 Å². The molecular formula is C22H20ClN5O4. The summed E-state index contributed by atoms with van der Waals surface area (Å²) in [5.41, 5.74) is 1.21. The lowest BCUT2D eigenvalue weighted by molar-refractivity contribution is 0.102. The lowest BCUT2D eigenvalue weighted by atomic mass is 10.1. The molecule has 32 heavy (non-hydrogen) atoms. The van der Waals surface area contributed by atoms with Gasteiger partial charge in [-0.1, -0.05) is 29.8 Å². The van der Waals surface area contributed by atoms with Crippen molar-refractivity contribution in [1.29, 1.82) is 0 Å². The van der Waals surface area contributed by atoms with E-state index in [4.69, 9.17) is 16.3 Å². The molecule has 0 spiro atoms. The first-order chi connectivity index (χ1) is 15.4. The highest BCUT2D eigenvalue weighted by Crippen LogP contribution is 2.25. The van der Waals surface area contributed by atoms with Gasteiger partial charge in [-0.3, -0.25) is 14.2 Å². The molecule has 0 saturated heterocycles. The lowest BCUT2D eigenvalue weighted by Gasteiger charge is -2.09. The second kappa shape index (κ2) is 8.72. The summed E-state index contributed by atoms with van der Waals surface area (Å²) in [6, 6.07) is 11.7. The van der Waals surface area contributed by atoms with Crippen molar-refractivity contribution in [3.05, 3.63) is 75.3 Å². The zero-order chi connectivity index (χ0) is 22.8. The standard InChI is InChI=1S/C22H20ClN5O4/c1-27-20-18(19(26-27)25-21(30)14-7-8-16(29)15(23)11-14)22(31)28(12-24-20)10-9-13-5-3-4-6-17(13)32-2/h3-8,11-12,29H,9-10H2,1-2H3,(H,25,26,30). The van der Waals surface area contributed by atoms with Crippen LogP contribution in [0, 0.1) is 0 Å². The molecule has 0 bridgehead atoms. The largest absolute Gasteiger partial charge is 0.506 e. The van der Waals surface area contributed by atoms with Gasteiger partial charge in [-0.05, 0) is 36.2 Å². The molecule has 9 nitrogen and oxygen atoms in total. The third-order valence-corrected chi connectivity index (χ3v) is 5.37. The molecule has 0 aliphatic rings. The van der Waals surface area contributed by atoms with E-state index in [-0.39, 0.29) is 33.1 Å². The van der Waals surface area contributed by atoms with Crippen molar-refractivity contribution in [2.75, 3.05) is 12.4 Å². The Morgan fingerprint density at radius 1 is 1.25 bits per heavy atom. The maximum Gasteiger partial charge on any atom is 0.266 e. The van der Waals surface area contributed by atoms with Crippen molar-refractivity contribution in [1.82, 2.24) is 19.3 Å². The average molecular weight is 454 g/mol. The third kappa shape index (κ3) is 4.02. The summed E-state index contributed by atoms with van der Waals surface area (Å²) in [5, 5.41) is 16.7. The summed E-state index contributed by atoms with van der Waals surface area (Å²) < 4.78 is 8.28. The maximum absolute atomic E-state index is 13.2. The van der Waals surface area contributed by atoms with Crippen molar-refractivity contribution in [2.45, 2.75) is 13.0 Å². The minimum absolute atomic E-state index is 0.0453. The van der Waals surface area contributed by atoms with E-state index in [1.807, 2.05) is 24.3 Å². The summed E-state index contributed by atoms with van der Waals surface area (Å²) in [5.74, 6) is 0.196. The first-order valence-corrected chi connectivity index (χ1v) is 10.1. The van der Waals surface area contributed by atoms with Gasteiger partial charge in [0.2, 0.25) is 0 Å². The van der Waals surface area contributed by atoms with Gasteiger partial charge in [0.25, 0.3) is 11.5 Å². The molecule has 0 atom stereocenters. The van der Waals surface area contributed by atoms with E-state index < -0.39 is 5.91 Å². The molecule has 0 aliphatic heterocycles. The number of rotatable bonds is 6. The van der Waals surface area contributed by atoms with Crippen LogP contribution in [0.2, 0.25) is 5.02 Å². The fraction of sp³-hybridized carbons (Fsp3) is 0.182. The van der Waals surface area contributed by atoms with Crippen LogP contribution in [0.5, 0.6) is 11.5 Å². The van der Waals surface area contributed by atoms with Crippen molar-refractivity contribution in [3.8, 4) is 11.5 Å². The zero-order valence-electron chi connectivity index (χ0n) is 17.4. The van der Waals surface area contributed by atoms with Crippen molar-refractivity contribution < 1.29 is 14.6 Å². The van der Waals surface area contributed by atoms with Gasteiger partial charge >= 0.3 is 0 Å².